The molecule has 0 aliphatic rings. The van der Waals surface area contributed by atoms with Crippen molar-refractivity contribution in [3.05, 3.63) is 53.6 Å². The van der Waals surface area contributed by atoms with E-state index in [2.05, 4.69) is 0 Å². The molecule has 0 aliphatic heterocycles. The highest BCUT2D eigenvalue weighted by Gasteiger charge is 2.27. The molecule has 0 amide bonds. The molecule has 0 saturated carbocycles. The molecule has 0 atom stereocenters. The highest BCUT2D eigenvalue weighted by molar-refractivity contribution is 7.93. The molecule has 7 heteroatoms. The number of ether oxygens (including phenoxy) is 1. The number of rotatable bonds is 6. The summed E-state index contributed by atoms with van der Waals surface area (Å²) < 4.78 is 32.0. The summed E-state index contributed by atoms with van der Waals surface area (Å²) >= 11 is 6.05. The molecule has 0 bridgehead atoms. The zero-order valence-corrected chi connectivity index (χ0v) is 13.5. The first-order chi connectivity index (χ1) is 10.5. The Labute approximate surface area is 134 Å². The van der Waals surface area contributed by atoms with Crippen LogP contribution in [-0.2, 0) is 10.0 Å². The van der Waals surface area contributed by atoms with E-state index in [1.807, 2.05) is 0 Å². The summed E-state index contributed by atoms with van der Waals surface area (Å²) in [6.45, 7) is -0.379. The summed E-state index contributed by atoms with van der Waals surface area (Å²) in [4.78, 5) is -0.0641. The van der Waals surface area contributed by atoms with Crippen LogP contribution in [0.3, 0.4) is 0 Å². The van der Waals surface area contributed by atoms with Crippen LogP contribution in [0.25, 0.3) is 0 Å². The number of aliphatic hydroxyl groups excluding tert-OH is 1. The van der Waals surface area contributed by atoms with Gasteiger partial charge in [0.15, 0.2) is 0 Å². The Morgan fingerprint density at radius 1 is 1.18 bits per heavy atom. The summed E-state index contributed by atoms with van der Waals surface area (Å²) in [6, 6.07) is 13.0. The van der Waals surface area contributed by atoms with Crippen molar-refractivity contribution in [3.63, 3.8) is 0 Å². The highest BCUT2D eigenvalue weighted by atomic mass is 35.5. The smallest absolute Gasteiger partial charge is 0.266 e. The normalized spacial score (nSPS) is 11.2. The van der Waals surface area contributed by atoms with Crippen molar-refractivity contribution in [2.24, 2.45) is 0 Å². The lowest BCUT2D eigenvalue weighted by Gasteiger charge is -2.24. The second-order valence-electron chi connectivity index (χ2n) is 4.43. The minimum Gasteiger partial charge on any atom is -0.497 e. The molecule has 0 unspecified atom stereocenters. The number of nitrogens with zero attached hydrogens (tertiary/aromatic N) is 1. The van der Waals surface area contributed by atoms with E-state index in [0.717, 1.165) is 4.31 Å². The lowest BCUT2D eigenvalue weighted by molar-refractivity contribution is 0.306. The molecule has 0 heterocycles. The number of hydrogen-bond acceptors (Lipinski definition) is 4. The van der Waals surface area contributed by atoms with Gasteiger partial charge in [-0.25, -0.2) is 8.42 Å². The molecular formula is C15H16ClNO4S. The van der Waals surface area contributed by atoms with Crippen molar-refractivity contribution in [1.29, 1.82) is 0 Å². The molecule has 2 aromatic rings. The van der Waals surface area contributed by atoms with Gasteiger partial charge in [-0.3, -0.25) is 4.31 Å². The maximum atomic E-state index is 12.9. The van der Waals surface area contributed by atoms with Gasteiger partial charge in [0.2, 0.25) is 0 Å². The first kappa shape index (κ1) is 16.6. The minimum atomic E-state index is -3.92. The van der Waals surface area contributed by atoms with Gasteiger partial charge in [-0.15, -0.1) is 0 Å². The third kappa shape index (κ3) is 3.35. The van der Waals surface area contributed by atoms with E-state index in [1.165, 1.54) is 19.2 Å². The molecule has 0 spiro atoms. The fraction of sp³-hybridized carbons (Fsp3) is 0.200. The molecule has 22 heavy (non-hydrogen) atoms. The van der Waals surface area contributed by atoms with E-state index in [9.17, 15) is 13.5 Å². The Kier molecular flexibility index (Phi) is 5.28. The number of hydrogen-bond donors (Lipinski definition) is 1. The molecule has 2 rings (SSSR count). The zero-order valence-electron chi connectivity index (χ0n) is 11.9. The van der Waals surface area contributed by atoms with Crippen molar-refractivity contribution >= 4 is 27.3 Å². The summed E-state index contributed by atoms with van der Waals surface area (Å²) in [5.74, 6) is 0.389. The van der Waals surface area contributed by atoms with Gasteiger partial charge in [-0.05, 0) is 24.3 Å². The van der Waals surface area contributed by atoms with E-state index < -0.39 is 10.0 Å². The molecule has 0 aromatic heterocycles. The third-order valence-electron chi connectivity index (χ3n) is 3.05. The van der Waals surface area contributed by atoms with E-state index in [0.29, 0.717) is 11.4 Å². The number of aliphatic hydroxyl groups is 1. The van der Waals surface area contributed by atoms with Gasteiger partial charge >= 0.3 is 0 Å². The Morgan fingerprint density at radius 3 is 2.45 bits per heavy atom. The second-order valence-corrected chi connectivity index (χ2v) is 6.67. The van der Waals surface area contributed by atoms with E-state index in [4.69, 9.17) is 16.3 Å². The average Bonchev–Trinajstić information content (AvgIpc) is 2.53. The quantitative estimate of drug-likeness (QED) is 0.876. The molecule has 0 aliphatic carbocycles. The van der Waals surface area contributed by atoms with Gasteiger partial charge in [-0.2, -0.15) is 0 Å². The highest BCUT2D eigenvalue weighted by Crippen LogP contribution is 2.31. The monoisotopic (exact) mass is 341 g/mol. The van der Waals surface area contributed by atoms with Crippen LogP contribution in [0.2, 0.25) is 5.02 Å². The van der Waals surface area contributed by atoms with Crippen molar-refractivity contribution < 1.29 is 18.3 Å². The number of benzene rings is 2. The molecule has 0 saturated heterocycles. The number of halogens is 1. The fourth-order valence-electron chi connectivity index (χ4n) is 2.00. The van der Waals surface area contributed by atoms with Crippen molar-refractivity contribution in [2.75, 3.05) is 24.6 Å². The fourth-order valence-corrected chi connectivity index (χ4v) is 3.95. The van der Waals surface area contributed by atoms with Gasteiger partial charge in [0.05, 0.1) is 31.0 Å². The van der Waals surface area contributed by atoms with Crippen LogP contribution in [0, 0.1) is 0 Å². The van der Waals surface area contributed by atoms with E-state index in [-0.39, 0.29) is 23.1 Å². The number of sulfonamides is 1. The second kappa shape index (κ2) is 7.00. The molecule has 5 nitrogen and oxygen atoms in total. The van der Waals surface area contributed by atoms with Gasteiger partial charge in [-0.1, -0.05) is 29.8 Å². The van der Waals surface area contributed by atoms with E-state index in [1.54, 1.807) is 36.4 Å². The van der Waals surface area contributed by atoms with Crippen LogP contribution in [0.1, 0.15) is 0 Å². The SMILES string of the molecule is COc1ccc(Cl)c(S(=O)(=O)N(CCO)c2ccccc2)c1. The van der Waals surface area contributed by atoms with Crippen LogP contribution >= 0.6 is 11.6 Å². The van der Waals surface area contributed by atoms with Crippen LogP contribution in [0.4, 0.5) is 5.69 Å². The molecule has 0 fully saturated rings. The maximum absolute atomic E-state index is 12.9. The van der Waals surface area contributed by atoms with Gasteiger partial charge in [0.25, 0.3) is 10.0 Å². The molecule has 2 aromatic carbocycles. The Bertz CT molecular complexity index is 734. The van der Waals surface area contributed by atoms with Crippen molar-refractivity contribution in [2.45, 2.75) is 4.90 Å². The molecule has 0 radical (unpaired) electrons. The van der Waals surface area contributed by atoms with Gasteiger partial charge in [0, 0.05) is 6.07 Å². The van der Waals surface area contributed by atoms with E-state index >= 15 is 0 Å². The van der Waals surface area contributed by atoms with Gasteiger partial charge < -0.3 is 9.84 Å². The number of anilines is 1. The average molecular weight is 342 g/mol. The zero-order chi connectivity index (χ0) is 16.2. The van der Waals surface area contributed by atoms with Crippen LogP contribution in [-0.4, -0.2) is 33.8 Å². The lowest BCUT2D eigenvalue weighted by atomic mass is 10.3. The summed E-state index contributed by atoms with van der Waals surface area (Å²) in [7, 11) is -2.47. The van der Waals surface area contributed by atoms with Crippen molar-refractivity contribution in [3.8, 4) is 5.75 Å². The molecule has 118 valence electrons. The van der Waals surface area contributed by atoms with Crippen LogP contribution < -0.4 is 9.04 Å². The topological polar surface area (TPSA) is 66.8 Å². The van der Waals surface area contributed by atoms with Gasteiger partial charge in [0.1, 0.15) is 10.6 Å². The summed E-state index contributed by atoms with van der Waals surface area (Å²) in [5, 5.41) is 9.31. The predicted octanol–water partition coefficient (Wildman–Crippen LogP) is 2.54. The Morgan fingerprint density at radius 2 is 1.86 bits per heavy atom. The largest absolute Gasteiger partial charge is 0.497 e. The number of para-hydroxylation sites is 1. The standard InChI is InChI=1S/C15H16ClNO4S/c1-21-13-7-8-14(16)15(11-13)22(19,20)17(9-10-18)12-5-3-2-4-6-12/h2-8,11,18H,9-10H2,1H3. The maximum Gasteiger partial charge on any atom is 0.266 e. The first-order valence-electron chi connectivity index (χ1n) is 6.53. The summed E-state index contributed by atoms with van der Waals surface area (Å²) in [6.07, 6.45) is 0. The molecular weight excluding hydrogens is 326 g/mol. The summed E-state index contributed by atoms with van der Waals surface area (Å²) in [5.41, 5.74) is 0.454. The molecule has 1 N–H and O–H groups in total. The third-order valence-corrected chi connectivity index (χ3v) is 5.36. The van der Waals surface area contributed by atoms with Crippen LogP contribution in [0.5, 0.6) is 5.75 Å². The Hall–Kier alpha value is -1.76. The Balaban J connectivity index is 2.55. The van der Waals surface area contributed by atoms with Crippen LogP contribution in [0.15, 0.2) is 53.4 Å². The first-order valence-corrected chi connectivity index (χ1v) is 8.34. The number of methoxy groups -OCH3 is 1. The lowest BCUT2D eigenvalue weighted by Crippen LogP contribution is -2.33. The predicted molar refractivity (Wildman–Crippen MR) is 86.1 cm³/mol. The van der Waals surface area contributed by atoms with Crippen molar-refractivity contribution in [1.82, 2.24) is 0 Å². The minimum absolute atomic E-state index is 0.0641.